The zero-order chi connectivity index (χ0) is 29.0. The van der Waals surface area contributed by atoms with Gasteiger partial charge in [-0.2, -0.15) is 0 Å². The minimum absolute atomic E-state index is 0.0440. The molecule has 0 aliphatic heterocycles. The molecule has 40 heavy (non-hydrogen) atoms. The number of rotatable bonds is 10. The zero-order valence-corrected chi connectivity index (χ0v) is 24.8. The molecule has 8 heteroatoms. The zero-order valence-electron chi connectivity index (χ0n) is 22.3. The maximum atomic E-state index is 13.2. The average Bonchev–Trinajstić information content (AvgIpc) is 2.93. The first-order chi connectivity index (χ1) is 19.0. The molecule has 210 valence electrons. The quantitative estimate of drug-likeness (QED) is 0.141. The van der Waals surface area contributed by atoms with Crippen LogP contribution in [-0.2, 0) is 6.42 Å². The number of phenols is 1. The number of ether oxygens (including phenoxy) is 1. The molecule has 0 radical (unpaired) electrons. The molecule has 0 aromatic heterocycles. The van der Waals surface area contributed by atoms with Crippen molar-refractivity contribution in [2.24, 2.45) is 0 Å². The van der Waals surface area contributed by atoms with E-state index in [-0.39, 0.29) is 16.9 Å². The first-order valence-corrected chi connectivity index (χ1v) is 17.5. The van der Waals surface area contributed by atoms with E-state index in [0.717, 1.165) is 28.5 Å². The van der Waals surface area contributed by atoms with E-state index in [1.165, 1.54) is 19.1 Å². The Balaban J connectivity index is 1.97. The number of carbonyl (C=O) groups excluding carboxylic acids is 1. The van der Waals surface area contributed by atoms with Gasteiger partial charge in [-0.15, -0.1) is 0 Å². The third-order valence-corrected chi connectivity index (χ3v) is 17.2. The number of alkyl halides is 3. The molecule has 1 N–H and O–H groups in total. The van der Waals surface area contributed by atoms with Crippen molar-refractivity contribution >= 4 is 42.5 Å². The molecule has 0 fully saturated rings. The van der Waals surface area contributed by atoms with Crippen LogP contribution >= 0.6 is 20.8 Å². The first-order valence-electron chi connectivity index (χ1n) is 13.0. The van der Waals surface area contributed by atoms with Gasteiger partial charge in [-0.3, -0.25) is 0 Å². The molecule has 4 aromatic rings. The van der Waals surface area contributed by atoms with Crippen LogP contribution in [0.3, 0.4) is 0 Å². The second-order valence-corrected chi connectivity index (χ2v) is 18.8. The molecule has 0 bridgehead atoms. The van der Waals surface area contributed by atoms with Crippen molar-refractivity contribution in [1.29, 1.82) is 0 Å². The topological polar surface area (TPSA) is 46.5 Å². The van der Waals surface area contributed by atoms with Crippen molar-refractivity contribution in [3.05, 3.63) is 108 Å². The van der Waals surface area contributed by atoms with Gasteiger partial charge in [0.25, 0.3) is 0 Å². The van der Waals surface area contributed by atoms with E-state index in [2.05, 4.69) is 46.7 Å². The van der Waals surface area contributed by atoms with Crippen molar-refractivity contribution in [3.8, 4) is 17.2 Å². The molecule has 0 saturated carbocycles. The van der Waals surface area contributed by atoms with Gasteiger partial charge < -0.3 is 0 Å². The van der Waals surface area contributed by atoms with Crippen LogP contribution in [0.2, 0.25) is 0 Å². The third-order valence-electron chi connectivity index (χ3n) is 7.10. The van der Waals surface area contributed by atoms with Crippen LogP contribution < -0.4 is 20.7 Å². The standard InChI is InChI=1S/C32H31BrF3O3P/c1-3-22-40(33,24-12-6-4-7-13-24,25-14-8-5-9-15-25)30-17-11-10-16-29(30)39-28-19-18-26(23(2)37)31(38)27(28)20-21-32(34,35)36/h4-19,38H,3,20-22H2,1-2H3. The predicted molar refractivity (Wildman–Crippen MR) is 162 cm³/mol. The van der Waals surface area contributed by atoms with E-state index in [0.29, 0.717) is 5.75 Å². The number of para-hydroxylation sites is 1. The monoisotopic (exact) mass is 630 g/mol. The first kappa shape index (κ1) is 29.8. The Morgan fingerprint density at radius 2 is 1.40 bits per heavy atom. The fourth-order valence-electron chi connectivity index (χ4n) is 5.26. The second-order valence-electron chi connectivity index (χ2n) is 9.76. The molecule has 4 aromatic carbocycles. The molecule has 0 unspecified atom stereocenters. The average molecular weight is 631 g/mol. The Morgan fingerprint density at radius 3 is 1.93 bits per heavy atom. The maximum absolute atomic E-state index is 13.2. The summed E-state index contributed by atoms with van der Waals surface area (Å²) in [5, 5.41) is 10.6. The summed E-state index contributed by atoms with van der Waals surface area (Å²) in [7, 11) is 0. The summed E-state index contributed by atoms with van der Waals surface area (Å²) < 4.78 is 46.1. The molecular formula is C32H31BrF3O3P. The van der Waals surface area contributed by atoms with Gasteiger partial charge in [-0.1, -0.05) is 0 Å². The van der Waals surface area contributed by atoms with Crippen molar-refractivity contribution in [2.45, 2.75) is 39.3 Å². The molecule has 0 spiro atoms. The molecule has 0 heterocycles. The second kappa shape index (κ2) is 11.8. The normalized spacial score (nSPS) is 12.9. The van der Waals surface area contributed by atoms with Crippen LogP contribution in [0.25, 0.3) is 0 Å². The minimum atomic E-state index is -4.45. The number of halogens is 4. The van der Waals surface area contributed by atoms with Crippen molar-refractivity contribution in [1.82, 2.24) is 0 Å². The van der Waals surface area contributed by atoms with Gasteiger partial charge in [0.1, 0.15) is 0 Å². The summed E-state index contributed by atoms with van der Waals surface area (Å²) in [4.78, 5) is 12.1. The number of hydrogen-bond donors (Lipinski definition) is 1. The molecule has 3 nitrogen and oxygen atoms in total. The number of aromatic hydroxyl groups is 1. The summed E-state index contributed by atoms with van der Waals surface area (Å²) >= 11 is 4.37. The van der Waals surface area contributed by atoms with Crippen LogP contribution in [0.5, 0.6) is 17.2 Å². The molecular weight excluding hydrogens is 600 g/mol. The number of benzene rings is 4. The summed E-state index contributed by atoms with van der Waals surface area (Å²) in [5.41, 5.74) is -0.0953. The number of carbonyl (C=O) groups is 1. The summed E-state index contributed by atoms with van der Waals surface area (Å²) in [5.74, 6) is -0.391. The molecule has 0 aliphatic rings. The Morgan fingerprint density at radius 1 is 0.850 bits per heavy atom. The van der Waals surface area contributed by atoms with E-state index in [1.54, 1.807) is 6.07 Å². The SMILES string of the molecule is CCCP(Br)(c1ccccc1)(c1ccccc1)c1ccccc1Oc1ccc(C(C)=O)c(O)c1CCC(F)(F)F. The van der Waals surface area contributed by atoms with E-state index >= 15 is 0 Å². The Hall–Kier alpha value is -3.15. The van der Waals surface area contributed by atoms with E-state index in [4.69, 9.17) is 4.74 Å². The molecule has 0 aliphatic carbocycles. The van der Waals surface area contributed by atoms with E-state index in [1.807, 2.05) is 54.6 Å². The number of hydrogen-bond acceptors (Lipinski definition) is 3. The van der Waals surface area contributed by atoms with Gasteiger partial charge in [0.2, 0.25) is 0 Å². The molecule has 0 amide bonds. The Labute approximate surface area is 240 Å². The Bertz CT molecular complexity index is 1450. The third kappa shape index (κ3) is 5.68. The van der Waals surface area contributed by atoms with Gasteiger partial charge >= 0.3 is 241 Å². The van der Waals surface area contributed by atoms with Crippen LogP contribution in [-0.4, -0.2) is 23.2 Å². The number of Topliss-reactive ketones (excluding diaryl/α,β-unsaturated/α-hetero) is 1. The molecule has 0 atom stereocenters. The fraction of sp³-hybridized carbons (Fsp3) is 0.219. The van der Waals surface area contributed by atoms with Gasteiger partial charge in [0.15, 0.2) is 0 Å². The summed E-state index contributed by atoms with van der Waals surface area (Å²) in [6, 6.07) is 30.6. The van der Waals surface area contributed by atoms with Crippen molar-refractivity contribution < 1.29 is 27.8 Å². The van der Waals surface area contributed by atoms with Crippen LogP contribution in [0, 0.1) is 0 Å². The van der Waals surface area contributed by atoms with Gasteiger partial charge in [-0.05, 0) is 0 Å². The van der Waals surface area contributed by atoms with Gasteiger partial charge in [-0.25, -0.2) is 0 Å². The van der Waals surface area contributed by atoms with Crippen molar-refractivity contribution in [2.75, 3.05) is 6.16 Å². The Kier molecular flexibility index (Phi) is 8.77. The summed E-state index contributed by atoms with van der Waals surface area (Å²) in [6.45, 7) is 3.38. The van der Waals surface area contributed by atoms with Crippen LogP contribution in [0.4, 0.5) is 13.2 Å². The number of phenolic OH excluding ortho intramolecular Hbond substituents is 1. The van der Waals surface area contributed by atoms with Crippen molar-refractivity contribution in [3.63, 3.8) is 0 Å². The van der Waals surface area contributed by atoms with Crippen LogP contribution in [0.1, 0.15) is 42.6 Å². The predicted octanol–water partition coefficient (Wildman–Crippen LogP) is 8.43. The van der Waals surface area contributed by atoms with E-state index in [9.17, 15) is 23.1 Å². The van der Waals surface area contributed by atoms with Gasteiger partial charge in [0.05, 0.1) is 0 Å². The fourth-order valence-corrected chi connectivity index (χ4v) is 13.6. The van der Waals surface area contributed by atoms with Crippen LogP contribution in [0.15, 0.2) is 97.1 Å². The number of ketones is 1. The van der Waals surface area contributed by atoms with E-state index < -0.39 is 35.9 Å². The van der Waals surface area contributed by atoms with Gasteiger partial charge in [0, 0.05) is 0 Å². The molecule has 4 rings (SSSR count). The summed E-state index contributed by atoms with van der Waals surface area (Å²) in [6.07, 6.45) is -4.54. The molecule has 0 saturated heterocycles.